The van der Waals surface area contributed by atoms with Crippen LogP contribution in [0.5, 0.6) is 0 Å². The van der Waals surface area contributed by atoms with Crippen molar-refractivity contribution in [3.8, 4) is 0 Å². The standard InChI is InChI=1S/C12H18ClNOS/c13-8-6-9-3-4-10(7-8)14(9)12(15)11-2-1-5-16-11/h8-11H,1-7H2. The van der Waals surface area contributed by atoms with Crippen LogP contribution < -0.4 is 0 Å². The van der Waals surface area contributed by atoms with Crippen LogP contribution in [0.1, 0.15) is 38.5 Å². The van der Waals surface area contributed by atoms with Gasteiger partial charge >= 0.3 is 0 Å². The fourth-order valence-electron chi connectivity index (χ4n) is 3.41. The monoisotopic (exact) mass is 259 g/mol. The highest BCUT2D eigenvalue weighted by Crippen LogP contribution is 2.40. The van der Waals surface area contributed by atoms with Crippen LogP contribution in [0.4, 0.5) is 0 Å². The first kappa shape index (κ1) is 11.2. The van der Waals surface area contributed by atoms with E-state index in [0.29, 0.717) is 23.4 Å². The minimum absolute atomic E-state index is 0.259. The molecule has 90 valence electrons. The number of carbonyl (C=O) groups is 1. The molecule has 0 saturated carbocycles. The molecule has 0 aliphatic carbocycles. The lowest BCUT2D eigenvalue weighted by molar-refractivity contribution is -0.134. The highest BCUT2D eigenvalue weighted by molar-refractivity contribution is 8.00. The van der Waals surface area contributed by atoms with Crippen LogP contribution in [0.3, 0.4) is 0 Å². The third-order valence-corrected chi connectivity index (χ3v) is 5.86. The van der Waals surface area contributed by atoms with Crippen molar-refractivity contribution in [3.63, 3.8) is 0 Å². The van der Waals surface area contributed by atoms with Crippen molar-refractivity contribution >= 4 is 29.3 Å². The van der Waals surface area contributed by atoms with Gasteiger partial charge in [-0.15, -0.1) is 23.4 Å². The molecule has 3 heterocycles. The molecule has 0 aromatic carbocycles. The summed E-state index contributed by atoms with van der Waals surface area (Å²) in [6, 6.07) is 0.907. The second-order valence-corrected chi connectivity index (χ2v) is 7.13. The van der Waals surface area contributed by atoms with E-state index in [-0.39, 0.29) is 5.25 Å². The number of halogens is 1. The predicted molar refractivity (Wildman–Crippen MR) is 68.0 cm³/mol. The second kappa shape index (κ2) is 4.41. The van der Waals surface area contributed by atoms with E-state index in [4.69, 9.17) is 11.6 Å². The summed E-state index contributed by atoms with van der Waals surface area (Å²) in [5, 5.41) is 0.563. The van der Waals surface area contributed by atoms with Crippen molar-refractivity contribution in [3.05, 3.63) is 0 Å². The Morgan fingerprint density at radius 1 is 1.19 bits per heavy atom. The summed E-state index contributed by atoms with van der Waals surface area (Å²) in [5.74, 6) is 1.58. The van der Waals surface area contributed by atoms with E-state index in [1.54, 1.807) is 0 Å². The van der Waals surface area contributed by atoms with E-state index in [9.17, 15) is 4.79 Å². The number of carbonyl (C=O) groups excluding carboxylic acids is 1. The topological polar surface area (TPSA) is 20.3 Å². The van der Waals surface area contributed by atoms with Crippen molar-refractivity contribution < 1.29 is 4.79 Å². The lowest BCUT2D eigenvalue weighted by Crippen LogP contribution is -2.49. The Bertz CT molecular complexity index is 279. The summed E-state index contributed by atoms with van der Waals surface area (Å²) in [6.45, 7) is 0. The van der Waals surface area contributed by atoms with E-state index in [1.807, 2.05) is 11.8 Å². The summed E-state index contributed by atoms with van der Waals surface area (Å²) < 4.78 is 0. The normalized spacial score (nSPS) is 42.7. The molecule has 0 N–H and O–H groups in total. The lowest BCUT2D eigenvalue weighted by atomic mass is 10.0. The van der Waals surface area contributed by atoms with Crippen molar-refractivity contribution in [2.45, 2.75) is 61.2 Å². The molecule has 3 saturated heterocycles. The van der Waals surface area contributed by atoms with Crippen molar-refractivity contribution in [2.75, 3.05) is 5.75 Å². The first-order chi connectivity index (χ1) is 7.75. The third-order valence-electron chi connectivity index (χ3n) is 4.14. The van der Waals surface area contributed by atoms with Crippen LogP contribution in [-0.2, 0) is 4.79 Å². The smallest absolute Gasteiger partial charge is 0.236 e. The molecule has 3 unspecified atom stereocenters. The molecular weight excluding hydrogens is 242 g/mol. The number of rotatable bonds is 1. The van der Waals surface area contributed by atoms with Crippen LogP contribution in [-0.4, -0.2) is 39.3 Å². The molecule has 0 aromatic heterocycles. The number of amides is 1. The second-order valence-electron chi connectivity index (χ2n) is 5.20. The van der Waals surface area contributed by atoms with Crippen LogP contribution >= 0.6 is 23.4 Å². The van der Waals surface area contributed by atoms with Crippen molar-refractivity contribution in [2.24, 2.45) is 0 Å². The van der Waals surface area contributed by atoms with Gasteiger partial charge in [0.05, 0.1) is 5.25 Å². The largest absolute Gasteiger partial charge is 0.336 e. The van der Waals surface area contributed by atoms with Gasteiger partial charge in [0.2, 0.25) is 5.91 Å². The van der Waals surface area contributed by atoms with Gasteiger partial charge < -0.3 is 4.90 Å². The SMILES string of the molecule is O=C(C1CCCS1)N1C2CCC1CC(Cl)C2. The molecule has 3 aliphatic rings. The van der Waals surface area contributed by atoms with E-state index in [2.05, 4.69) is 4.90 Å². The number of piperidine rings is 1. The lowest BCUT2D eigenvalue weighted by Gasteiger charge is -2.38. The maximum absolute atomic E-state index is 12.4. The molecule has 1 amide bonds. The number of hydrogen-bond acceptors (Lipinski definition) is 2. The summed E-state index contributed by atoms with van der Waals surface area (Å²) in [4.78, 5) is 14.6. The van der Waals surface area contributed by atoms with Crippen molar-refractivity contribution in [1.82, 2.24) is 4.90 Å². The highest BCUT2D eigenvalue weighted by atomic mass is 35.5. The van der Waals surface area contributed by atoms with Gasteiger partial charge in [-0.3, -0.25) is 4.79 Å². The van der Waals surface area contributed by atoms with E-state index in [0.717, 1.165) is 25.0 Å². The zero-order valence-electron chi connectivity index (χ0n) is 9.40. The molecule has 4 heteroatoms. The predicted octanol–water partition coefficient (Wildman–Crippen LogP) is 2.64. The Hall–Kier alpha value is 0.110. The molecule has 16 heavy (non-hydrogen) atoms. The van der Waals surface area contributed by atoms with Gasteiger partial charge in [-0.1, -0.05) is 0 Å². The fourth-order valence-corrected chi connectivity index (χ4v) is 5.04. The van der Waals surface area contributed by atoms with Gasteiger partial charge in [0.25, 0.3) is 0 Å². The number of nitrogens with zero attached hydrogens (tertiary/aromatic N) is 1. The number of alkyl halides is 1. The molecule has 0 aromatic rings. The van der Waals surface area contributed by atoms with Crippen LogP contribution in [0.15, 0.2) is 0 Å². The van der Waals surface area contributed by atoms with Crippen molar-refractivity contribution in [1.29, 1.82) is 0 Å². The molecule has 0 spiro atoms. The molecule has 3 atom stereocenters. The molecule has 2 bridgehead atoms. The zero-order chi connectivity index (χ0) is 11.1. The molecule has 3 aliphatic heterocycles. The van der Waals surface area contributed by atoms with Gasteiger partial charge in [-0.25, -0.2) is 0 Å². The number of fused-ring (bicyclic) bond motifs is 2. The number of thioether (sulfide) groups is 1. The third kappa shape index (κ3) is 1.86. The van der Waals surface area contributed by atoms with Gasteiger partial charge in [-0.05, 0) is 44.3 Å². The van der Waals surface area contributed by atoms with Crippen LogP contribution in [0, 0.1) is 0 Å². The first-order valence-electron chi connectivity index (χ1n) is 6.33. The van der Waals surface area contributed by atoms with E-state index in [1.165, 1.54) is 19.3 Å². The molecular formula is C12H18ClNOS. The molecule has 3 rings (SSSR count). The van der Waals surface area contributed by atoms with E-state index >= 15 is 0 Å². The van der Waals surface area contributed by atoms with E-state index < -0.39 is 0 Å². The molecule has 2 nitrogen and oxygen atoms in total. The quantitative estimate of drug-likeness (QED) is 0.675. The average molecular weight is 260 g/mol. The molecule has 3 fully saturated rings. The average Bonchev–Trinajstić information content (AvgIpc) is 2.85. The Balaban J connectivity index is 1.72. The van der Waals surface area contributed by atoms with Gasteiger partial charge in [0.1, 0.15) is 0 Å². The van der Waals surface area contributed by atoms with Gasteiger partial charge in [-0.2, -0.15) is 0 Å². The van der Waals surface area contributed by atoms with Crippen LogP contribution in [0.25, 0.3) is 0 Å². The minimum atomic E-state index is 0.259. The Kier molecular flexibility index (Phi) is 3.09. The number of hydrogen-bond donors (Lipinski definition) is 0. The Morgan fingerprint density at radius 2 is 1.88 bits per heavy atom. The maximum atomic E-state index is 12.4. The summed E-state index contributed by atoms with van der Waals surface area (Å²) >= 11 is 8.09. The highest BCUT2D eigenvalue weighted by Gasteiger charge is 2.44. The minimum Gasteiger partial charge on any atom is -0.336 e. The molecule has 0 radical (unpaired) electrons. The van der Waals surface area contributed by atoms with Gasteiger partial charge in [0, 0.05) is 17.5 Å². The summed E-state index contributed by atoms with van der Waals surface area (Å²) in [6.07, 6.45) is 6.68. The first-order valence-corrected chi connectivity index (χ1v) is 7.82. The summed E-state index contributed by atoms with van der Waals surface area (Å²) in [5.41, 5.74) is 0. The summed E-state index contributed by atoms with van der Waals surface area (Å²) in [7, 11) is 0. The van der Waals surface area contributed by atoms with Crippen LogP contribution in [0.2, 0.25) is 0 Å². The Morgan fingerprint density at radius 3 is 2.44 bits per heavy atom. The van der Waals surface area contributed by atoms with Gasteiger partial charge in [0.15, 0.2) is 0 Å². The fraction of sp³-hybridized carbons (Fsp3) is 0.917. The zero-order valence-corrected chi connectivity index (χ0v) is 11.0. The Labute approximate surface area is 106 Å². The maximum Gasteiger partial charge on any atom is 0.236 e.